The molecule has 1 aliphatic heterocycles. The standard InChI is InChI=1S/C13H16BrFN2O3S/c1-21(19,20)11-6-8(14)5-10(12(11)15)13(18)17-4-2-3-9(16)7-17/h5-6,9H,2-4,7,16H2,1H3. The molecule has 1 fully saturated rings. The molecule has 1 unspecified atom stereocenters. The number of sulfone groups is 1. The highest BCUT2D eigenvalue weighted by molar-refractivity contribution is 9.10. The van der Waals surface area contributed by atoms with E-state index in [1.165, 1.54) is 11.0 Å². The number of benzene rings is 1. The minimum atomic E-state index is -3.75. The first kappa shape index (κ1) is 16.4. The highest BCUT2D eigenvalue weighted by Gasteiger charge is 2.27. The first-order valence-corrected chi connectivity index (χ1v) is 9.12. The molecule has 1 aromatic rings. The number of halogens is 2. The van der Waals surface area contributed by atoms with Gasteiger partial charge in [-0.15, -0.1) is 0 Å². The Bertz CT molecular complexity index is 678. The zero-order chi connectivity index (χ0) is 15.8. The molecule has 116 valence electrons. The summed E-state index contributed by atoms with van der Waals surface area (Å²) in [7, 11) is -3.75. The SMILES string of the molecule is CS(=O)(=O)c1cc(Br)cc(C(=O)N2CCCC(N)C2)c1F. The maximum absolute atomic E-state index is 14.4. The first-order chi connectivity index (χ1) is 9.70. The van der Waals surface area contributed by atoms with Crippen molar-refractivity contribution in [3.8, 4) is 0 Å². The lowest BCUT2D eigenvalue weighted by Gasteiger charge is -2.31. The Hall–Kier alpha value is -0.990. The monoisotopic (exact) mass is 378 g/mol. The number of hydrogen-bond donors (Lipinski definition) is 1. The molecule has 21 heavy (non-hydrogen) atoms. The minimum Gasteiger partial charge on any atom is -0.337 e. The van der Waals surface area contributed by atoms with Gasteiger partial charge in [0.1, 0.15) is 4.90 Å². The number of nitrogens with zero attached hydrogens (tertiary/aromatic N) is 1. The summed E-state index contributed by atoms with van der Waals surface area (Å²) in [6.07, 6.45) is 2.48. The second kappa shape index (κ2) is 6.02. The van der Waals surface area contributed by atoms with Gasteiger partial charge in [-0.05, 0) is 25.0 Å². The van der Waals surface area contributed by atoms with Gasteiger partial charge in [-0.3, -0.25) is 4.79 Å². The molecule has 1 aromatic carbocycles. The van der Waals surface area contributed by atoms with Crippen LogP contribution in [0.5, 0.6) is 0 Å². The Morgan fingerprint density at radius 1 is 1.48 bits per heavy atom. The Balaban J connectivity index is 2.44. The molecule has 0 saturated carbocycles. The fraction of sp³-hybridized carbons (Fsp3) is 0.462. The third kappa shape index (κ3) is 3.61. The highest BCUT2D eigenvalue weighted by Crippen LogP contribution is 2.26. The minimum absolute atomic E-state index is 0.132. The van der Waals surface area contributed by atoms with E-state index in [-0.39, 0.29) is 11.6 Å². The summed E-state index contributed by atoms with van der Waals surface area (Å²) in [6.45, 7) is 0.839. The molecule has 0 aromatic heterocycles. The smallest absolute Gasteiger partial charge is 0.256 e. The van der Waals surface area contributed by atoms with Crippen molar-refractivity contribution in [3.63, 3.8) is 0 Å². The normalized spacial score (nSPS) is 19.6. The van der Waals surface area contributed by atoms with Crippen molar-refractivity contribution in [1.29, 1.82) is 0 Å². The summed E-state index contributed by atoms with van der Waals surface area (Å²) in [6, 6.07) is 2.32. The van der Waals surface area contributed by atoms with Crippen molar-refractivity contribution < 1.29 is 17.6 Å². The van der Waals surface area contributed by atoms with Gasteiger partial charge in [0.2, 0.25) is 0 Å². The van der Waals surface area contributed by atoms with Crippen molar-refractivity contribution >= 4 is 31.7 Å². The van der Waals surface area contributed by atoms with Crippen LogP contribution in [-0.4, -0.2) is 44.6 Å². The third-order valence-electron chi connectivity index (χ3n) is 3.38. The zero-order valence-electron chi connectivity index (χ0n) is 11.5. The topological polar surface area (TPSA) is 80.5 Å². The quantitative estimate of drug-likeness (QED) is 0.846. The fourth-order valence-electron chi connectivity index (χ4n) is 2.35. The maximum Gasteiger partial charge on any atom is 0.256 e. The molecule has 2 rings (SSSR count). The fourth-order valence-corrected chi connectivity index (χ4v) is 3.74. The van der Waals surface area contributed by atoms with E-state index in [1.807, 2.05) is 0 Å². The molecule has 1 amide bonds. The van der Waals surface area contributed by atoms with Gasteiger partial charge in [0.25, 0.3) is 5.91 Å². The molecule has 1 aliphatic rings. The second-order valence-electron chi connectivity index (χ2n) is 5.19. The lowest BCUT2D eigenvalue weighted by molar-refractivity contribution is 0.0703. The number of nitrogens with two attached hydrogens (primary N) is 1. The molecule has 0 radical (unpaired) electrons. The maximum atomic E-state index is 14.4. The molecule has 5 nitrogen and oxygen atoms in total. The Morgan fingerprint density at radius 3 is 2.71 bits per heavy atom. The molecule has 0 bridgehead atoms. The van der Waals surface area contributed by atoms with Crippen LogP contribution < -0.4 is 5.73 Å². The summed E-state index contributed by atoms with van der Waals surface area (Å²) in [5.41, 5.74) is 5.56. The number of rotatable bonds is 2. The summed E-state index contributed by atoms with van der Waals surface area (Å²) in [5, 5.41) is 0. The number of hydrogen-bond acceptors (Lipinski definition) is 4. The van der Waals surface area contributed by atoms with Crippen LogP contribution in [-0.2, 0) is 9.84 Å². The van der Waals surface area contributed by atoms with Gasteiger partial charge >= 0.3 is 0 Å². The van der Waals surface area contributed by atoms with Crippen molar-refractivity contribution in [3.05, 3.63) is 28.0 Å². The molecule has 2 N–H and O–H groups in total. The molecule has 0 spiro atoms. The van der Waals surface area contributed by atoms with Gasteiger partial charge in [0, 0.05) is 29.9 Å². The van der Waals surface area contributed by atoms with Crippen LogP contribution in [0.15, 0.2) is 21.5 Å². The molecule has 1 saturated heterocycles. The Kier molecular flexibility index (Phi) is 4.69. The summed E-state index contributed by atoms with van der Waals surface area (Å²) in [4.78, 5) is 13.4. The first-order valence-electron chi connectivity index (χ1n) is 6.44. The molecule has 1 atom stereocenters. The van der Waals surface area contributed by atoms with Crippen LogP contribution in [0.1, 0.15) is 23.2 Å². The van der Waals surface area contributed by atoms with E-state index in [4.69, 9.17) is 5.73 Å². The number of piperidine rings is 1. The lowest BCUT2D eigenvalue weighted by Crippen LogP contribution is -2.46. The van der Waals surface area contributed by atoms with E-state index < -0.39 is 26.5 Å². The number of carbonyl (C=O) groups excluding carboxylic acids is 1. The van der Waals surface area contributed by atoms with E-state index in [1.54, 1.807) is 0 Å². The lowest BCUT2D eigenvalue weighted by atomic mass is 10.1. The van der Waals surface area contributed by atoms with Crippen LogP contribution in [0, 0.1) is 5.82 Å². The van der Waals surface area contributed by atoms with Crippen LogP contribution in [0.2, 0.25) is 0 Å². The van der Waals surface area contributed by atoms with E-state index >= 15 is 0 Å². The molecule has 8 heteroatoms. The molecule has 1 heterocycles. The van der Waals surface area contributed by atoms with Gasteiger partial charge in [-0.1, -0.05) is 15.9 Å². The van der Waals surface area contributed by atoms with Crippen molar-refractivity contribution in [2.24, 2.45) is 5.73 Å². The third-order valence-corrected chi connectivity index (χ3v) is 4.93. The van der Waals surface area contributed by atoms with Gasteiger partial charge in [0.05, 0.1) is 5.56 Å². The Labute approximate surface area is 131 Å². The number of likely N-dealkylation sites (tertiary alicyclic amines) is 1. The van der Waals surface area contributed by atoms with Crippen LogP contribution >= 0.6 is 15.9 Å². The highest BCUT2D eigenvalue weighted by atomic mass is 79.9. The largest absolute Gasteiger partial charge is 0.337 e. The number of carbonyl (C=O) groups is 1. The van der Waals surface area contributed by atoms with Gasteiger partial charge in [-0.25, -0.2) is 12.8 Å². The van der Waals surface area contributed by atoms with Crippen molar-refractivity contribution in [2.75, 3.05) is 19.3 Å². The van der Waals surface area contributed by atoms with E-state index in [0.29, 0.717) is 17.6 Å². The molecule has 0 aliphatic carbocycles. The molecular weight excluding hydrogens is 363 g/mol. The molecular formula is C13H16BrFN2O3S. The summed E-state index contributed by atoms with van der Waals surface area (Å²) >= 11 is 3.12. The van der Waals surface area contributed by atoms with E-state index in [9.17, 15) is 17.6 Å². The van der Waals surface area contributed by atoms with Crippen molar-refractivity contribution in [1.82, 2.24) is 4.90 Å². The zero-order valence-corrected chi connectivity index (χ0v) is 13.9. The summed E-state index contributed by atoms with van der Waals surface area (Å²) < 4.78 is 37.9. The summed E-state index contributed by atoms with van der Waals surface area (Å²) in [5.74, 6) is -1.54. The van der Waals surface area contributed by atoms with E-state index in [2.05, 4.69) is 15.9 Å². The Morgan fingerprint density at radius 2 is 2.14 bits per heavy atom. The second-order valence-corrected chi connectivity index (χ2v) is 8.09. The average molecular weight is 379 g/mol. The predicted molar refractivity (Wildman–Crippen MR) is 80.3 cm³/mol. The predicted octanol–water partition coefficient (Wildman–Crippen LogP) is 1.56. The van der Waals surface area contributed by atoms with Gasteiger partial charge in [0.15, 0.2) is 15.7 Å². The van der Waals surface area contributed by atoms with Crippen LogP contribution in [0.4, 0.5) is 4.39 Å². The van der Waals surface area contributed by atoms with Gasteiger partial charge in [-0.2, -0.15) is 0 Å². The van der Waals surface area contributed by atoms with Crippen LogP contribution in [0.25, 0.3) is 0 Å². The van der Waals surface area contributed by atoms with Crippen molar-refractivity contribution in [2.45, 2.75) is 23.8 Å². The number of amides is 1. The van der Waals surface area contributed by atoms with Gasteiger partial charge < -0.3 is 10.6 Å². The van der Waals surface area contributed by atoms with E-state index in [0.717, 1.165) is 25.2 Å². The average Bonchev–Trinajstić information content (AvgIpc) is 2.39. The van der Waals surface area contributed by atoms with Crippen LogP contribution in [0.3, 0.4) is 0 Å².